The fourth-order valence-electron chi connectivity index (χ4n) is 1.82. The molecule has 0 aliphatic carbocycles. The zero-order valence-corrected chi connectivity index (χ0v) is 15.7. The molecule has 0 aliphatic heterocycles. The molecule has 2 aromatic carbocycles. The molecule has 0 radical (unpaired) electrons. The van der Waals surface area contributed by atoms with E-state index in [0.717, 1.165) is 6.07 Å². The summed E-state index contributed by atoms with van der Waals surface area (Å²) in [4.78, 5) is 12.0. The van der Waals surface area contributed by atoms with Gasteiger partial charge in [0.1, 0.15) is 5.75 Å². The number of ether oxygens (including phenoxy) is 1. The lowest BCUT2D eigenvalue weighted by molar-refractivity contribution is 0.102. The van der Waals surface area contributed by atoms with E-state index in [2.05, 4.69) is 37.2 Å². The van der Waals surface area contributed by atoms with Gasteiger partial charge in [0.2, 0.25) is 0 Å². The van der Waals surface area contributed by atoms with Crippen LogP contribution in [0, 0.1) is 0 Å². The zero-order chi connectivity index (χ0) is 17.2. The zero-order valence-electron chi connectivity index (χ0n) is 11.7. The van der Waals surface area contributed by atoms with E-state index in [1.165, 1.54) is 19.2 Å². The van der Waals surface area contributed by atoms with Crippen LogP contribution in [0.3, 0.4) is 0 Å². The molecule has 0 saturated heterocycles. The molecule has 9 heteroatoms. The van der Waals surface area contributed by atoms with E-state index in [9.17, 15) is 13.2 Å². The first-order chi connectivity index (χ1) is 10.7. The van der Waals surface area contributed by atoms with Crippen LogP contribution in [0.4, 0.5) is 5.69 Å². The Kier molecular flexibility index (Phi) is 5.45. The van der Waals surface area contributed by atoms with Gasteiger partial charge in [-0.15, -0.1) is 0 Å². The molecule has 0 aliphatic rings. The number of benzene rings is 2. The molecule has 122 valence electrons. The van der Waals surface area contributed by atoms with Crippen molar-refractivity contribution in [2.75, 3.05) is 12.4 Å². The number of hydrogen-bond acceptors (Lipinski definition) is 4. The lowest BCUT2D eigenvalue weighted by Crippen LogP contribution is -2.13. The molecular weight excluding hydrogens is 454 g/mol. The topological polar surface area (TPSA) is 92.7 Å². The van der Waals surface area contributed by atoms with Crippen LogP contribution in [-0.4, -0.2) is 26.0 Å². The lowest BCUT2D eigenvalue weighted by atomic mass is 10.2. The van der Waals surface area contributed by atoms with Crippen molar-refractivity contribution in [3.8, 4) is 5.75 Å². The summed E-state index contributed by atoms with van der Waals surface area (Å²) < 4.78 is 38.0. The van der Waals surface area contributed by atoms with Gasteiger partial charge in [-0.05, 0) is 36.4 Å². The summed E-state index contributed by atoms with van der Waals surface area (Å²) in [5.41, 5.74) is 0.481. The minimum Gasteiger partial charge on any atom is -0.495 e. The fraction of sp³-hybridized carbons (Fsp3) is 0.0714. The molecule has 0 unspecified atom stereocenters. The third kappa shape index (κ3) is 4.54. The highest BCUT2D eigenvalue weighted by atomic mass is 79.9. The Hall–Kier alpha value is -1.42. The fourth-order valence-corrected chi connectivity index (χ4v) is 3.63. The summed E-state index contributed by atoms with van der Waals surface area (Å²) >= 11 is 6.57. The molecule has 0 spiro atoms. The Bertz CT molecular complexity index is 847. The van der Waals surface area contributed by atoms with E-state index in [1.807, 2.05) is 0 Å². The maximum absolute atomic E-state index is 12.3. The Morgan fingerprint density at radius 1 is 1.13 bits per heavy atom. The predicted octanol–water partition coefficient (Wildman–Crippen LogP) is 3.72. The molecule has 23 heavy (non-hydrogen) atoms. The van der Waals surface area contributed by atoms with E-state index < -0.39 is 16.0 Å². The van der Waals surface area contributed by atoms with Crippen LogP contribution in [0.5, 0.6) is 5.75 Å². The number of amides is 1. The monoisotopic (exact) mass is 463 g/mol. The van der Waals surface area contributed by atoms with Gasteiger partial charge in [0.25, 0.3) is 16.0 Å². The molecule has 2 aromatic rings. The second-order valence-electron chi connectivity index (χ2n) is 4.45. The highest BCUT2D eigenvalue weighted by Gasteiger charge is 2.16. The van der Waals surface area contributed by atoms with Crippen molar-refractivity contribution in [2.24, 2.45) is 0 Å². The third-order valence-electron chi connectivity index (χ3n) is 2.84. The minimum absolute atomic E-state index is 0.128. The number of anilines is 1. The number of hydrogen-bond donors (Lipinski definition) is 2. The van der Waals surface area contributed by atoms with Crippen LogP contribution in [0.15, 0.2) is 50.2 Å². The van der Waals surface area contributed by atoms with Gasteiger partial charge in [-0.1, -0.05) is 31.9 Å². The molecule has 0 heterocycles. The summed E-state index contributed by atoms with van der Waals surface area (Å²) in [6, 6.07) is 8.64. The first-order valence-corrected chi connectivity index (χ1v) is 9.16. The largest absolute Gasteiger partial charge is 0.495 e. The summed E-state index contributed by atoms with van der Waals surface area (Å²) in [6.45, 7) is 0. The standard InChI is InChI=1S/C14H11Br2NO5S/c1-22-13-3-2-11(23(19,20)21)7-12(13)17-14(18)8-4-9(15)6-10(16)5-8/h2-7H,1H3,(H,17,18)(H,19,20,21). The van der Waals surface area contributed by atoms with E-state index in [1.54, 1.807) is 18.2 Å². The molecular formula is C14H11Br2NO5S. The Morgan fingerprint density at radius 3 is 2.26 bits per heavy atom. The molecule has 2 N–H and O–H groups in total. The molecule has 0 aromatic heterocycles. The van der Waals surface area contributed by atoms with E-state index in [-0.39, 0.29) is 16.3 Å². The van der Waals surface area contributed by atoms with E-state index in [4.69, 9.17) is 9.29 Å². The SMILES string of the molecule is COc1ccc(S(=O)(=O)O)cc1NC(=O)c1cc(Br)cc(Br)c1. The maximum Gasteiger partial charge on any atom is 0.294 e. The molecule has 2 rings (SSSR count). The van der Waals surface area contributed by atoms with Gasteiger partial charge >= 0.3 is 0 Å². The van der Waals surface area contributed by atoms with Crippen LogP contribution in [0.25, 0.3) is 0 Å². The smallest absolute Gasteiger partial charge is 0.294 e. The number of rotatable bonds is 4. The van der Waals surface area contributed by atoms with Gasteiger partial charge in [0.15, 0.2) is 0 Å². The third-order valence-corrected chi connectivity index (χ3v) is 4.61. The second-order valence-corrected chi connectivity index (χ2v) is 7.70. The Balaban J connectivity index is 2.40. The van der Waals surface area contributed by atoms with Crippen molar-refractivity contribution in [1.82, 2.24) is 0 Å². The molecule has 0 fully saturated rings. The number of carbonyl (C=O) groups excluding carboxylic acids is 1. The normalized spacial score (nSPS) is 11.1. The van der Waals surface area contributed by atoms with E-state index >= 15 is 0 Å². The van der Waals surface area contributed by atoms with Crippen molar-refractivity contribution in [1.29, 1.82) is 0 Å². The summed E-state index contributed by atoms with van der Waals surface area (Å²) in [7, 11) is -3.00. The highest BCUT2D eigenvalue weighted by Crippen LogP contribution is 2.28. The van der Waals surface area contributed by atoms with Crippen LogP contribution in [-0.2, 0) is 10.1 Å². The van der Waals surface area contributed by atoms with Crippen LogP contribution >= 0.6 is 31.9 Å². The summed E-state index contributed by atoms with van der Waals surface area (Å²) in [5.74, 6) is -0.197. The average molecular weight is 465 g/mol. The molecule has 1 amide bonds. The van der Waals surface area contributed by atoms with Crippen molar-refractivity contribution in [2.45, 2.75) is 4.90 Å². The first-order valence-electron chi connectivity index (χ1n) is 6.13. The van der Waals surface area contributed by atoms with Gasteiger partial charge in [-0.2, -0.15) is 8.42 Å². The van der Waals surface area contributed by atoms with Gasteiger partial charge in [0, 0.05) is 14.5 Å². The van der Waals surface area contributed by atoms with Crippen LogP contribution < -0.4 is 10.1 Å². The Labute approximate surface area is 149 Å². The van der Waals surface area contributed by atoms with Gasteiger partial charge in [-0.3, -0.25) is 9.35 Å². The predicted molar refractivity (Wildman–Crippen MR) is 92.6 cm³/mol. The lowest BCUT2D eigenvalue weighted by Gasteiger charge is -2.11. The molecule has 6 nitrogen and oxygen atoms in total. The minimum atomic E-state index is -4.39. The van der Waals surface area contributed by atoms with Gasteiger partial charge in [0.05, 0.1) is 17.7 Å². The number of methoxy groups -OCH3 is 1. The first kappa shape index (κ1) is 17.9. The summed E-state index contributed by atoms with van der Waals surface area (Å²) in [6.07, 6.45) is 0. The maximum atomic E-state index is 12.3. The number of halogens is 2. The number of nitrogens with one attached hydrogen (secondary N) is 1. The molecule has 0 atom stereocenters. The van der Waals surface area contributed by atoms with Crippen molar-refractivity contribution in [3.63, 3.8) is 0 Å². The molecule has 0 saturated carbocycles. The van der Waals surface area contributed by atoms with Gasteiger partial charge in [-0.25, -0.2) is 0 Å². The van der Waals surface area contributed by atoms with E-state index in [0.29, 0.717) is 14.5 Å². The summed E-state index contributed by atoms with van der Waals surface area (Å²) in [5, 5.41) is 2.56. The van der Waals surface area contributed by atoms with Gasteiger partial charge < -0.3 is 10.1 Å². The highest BCUT2D eigenvalue weighted by molar-refractivity contribution is 9.11. The van der Waals surface area contributed by atoms with Crippen molar-refractivity contribution >= 4 is 53.6 Å². The van der Waals surface area contributed by atoms with Crippen molar-refractivity contribution in [3.05, 3.63) is 50.9 Å². The average Bonchev–Trinajstić information content (AvgIpc) is 2.45. The van der Waals surface area contributed by atoms with Crippen molar-refractivity contribution < 1.29 is 22.5 Å². The Morgan fingerprint density at radius 2 is 1.74 bits per heavy atom. The number of carbonyl (C=O) groups is 1. The van der Waals surface area contributed by atoms with Crippen LogP contribution in [0.1, 0.15) is 10.4 Å². The second kappa shape index (κ2) is 7.00. The quantitative estimate of drug-likeness (QED) is 0.672. The molecule has 0 bridgehead atoms. The van der Waals surface area contributed by atoms with Crippen LogP contribution in [0.2, 0.25) is 0 Å².